The normalized spacial score (nSPS) is 22.7. The largest absolute Gasteiger partial charge is 0.387 e. The van der Waals surface area contributed by atoms with E-state index in [1.165, 1.54) is 6.42 Å². The molecule has 2 unspecified atom stereocenters. The van der Waals surface area contributed by atoms with Gasteiger partial charge in [-0.2, -0.15) is 16.9 Å². The SMILES string of the molecule is OC(c1cnc2[nH]ncc2c1)C1CCCS1. The lowest BCUT2D eigenvalue weighted by molar-refractivity contribution is 0.173. The van der Waals surface area contributed by atoms with E-state index >= 15 is 0 Å². The van der Waals surface area contributed by atoms with Crippen molar-refractivity contribution in [1.82, 2.24) is 15.2 Å². The van der Waals surface area contributed by atoms with E-state index in [0.29, 0.717) is 5.25 Å². The molecule has 0 aromatic carbocycles. The van der Waals surface area contributed by atoms with Crippen LogP contribution in [0.4, 0.5) is 0 Å². The number of nitrogens with one attached hydrogen (secondary N) is 1. The van der Waals surface area contributed by atoms with Gasteiger partial charge in [-0.25, -0.2) is 4.98 Å². The third-order valence-corrected chi connectivity index (χ3v) is 4.42. The van der Waals surface area contributed by atoms with Gasteiger partial charge in [0.15, 0.2) is 5.65 Å². The molecule has 0 amide bonds. The van der Waals surface area contributed by atoms with Crippen LogP contribution in [0.3, 0.4) is 0 Å². The second kappa shape index (κ2) is 4.07. The summed E-state index contributed by atoms with van der Waals surface area (Å²) in [7, 11) is 0. The molecule has 16 heavy (non-hydrogen) atoms. The second-order valence-electron chi connectivity index (χ2n) is 4.07. The van der Waals surface area contributed by atoms with Gasteiger partial charge >= 0.3 is 0 Å². The average molecular weight is 235 g/mol. The highest BCUT2D eigenvalue weighted by molar-refractivity contribution is 8.00. The summed E-state index contributed by atoms with van der Waals surface area (Å²) in [5.41, 5.74) is 1.67. The summed E-state index contributed by atoms with van der Waals surface area (Å²) in [6.45, 7) is 0. The highest BCUT2D eigenvalue weighted by Gasteiger charge is 2.25. The smallest absolute Gasteiger partial charge is 0.155 e. The van der Waals surface area contributed by atoms with Gasteiger partial charge < -0.3 is 5.11 Å². The summed E-state index contributed by atoms with van der Waals surface area (Å²) in [4.78, 5) is 4.25. The van der Waals surface area contributed by atoms with Crippen molar-refractivity contribution in [1.29, 1.82) is 0 Å². The fourth-order valence-electron chi connectivity index (χ4n) is 2.08. The van der Waals surface area contributed by atoms with Crippen LogP contribution < -0.4 is 0 Å². The number of aliphatic hydroxyl groups excluding tert-OH is 1. The highest BCUT2D eigenvalue weighted by atomic mass is 32.2. The lowest BCUT2D eigenvalue weighted by atomic mass is 10.0. The van der Waals surface area contributed by atoms with Gasteiger partial charge in [-0.05, 0) is 24.7 Å². The van der Waals surface area contributed by atoms with Gasteiger partial charge in [-0.15, -0.1) is 0 Å². The van der Waals surface area contributed by atoms with Gasteiger partial charge in [0.1, 0.15) is 0 Å². The number of thioether (sulfide) groups is 1. The molecule has 1 aliphatic rings. The van der Waals surface area contributed by atoms with E-state index in [4.69, 9.17) is 0 Å². The quantitative estimate of drug-likeness (QED) is 0.834. The number of nitrogens with zero attached hydrogens (tertiary/aromatic N) is 2. The zero-order valence-electron chi connectivity index (χ0n) is 8.76. The number of hydrogen-bond acceptors (Lipinski definition) is 4. The van der Waals surface area contributed by atoms with Crippen molar-refractivity contribution >= 4 is 22.8 Å². The van der Waals surface area contributed by atoms with Crippen LogP contribution in [-0.2, 0) is 0 Å². The topological polar surface area (TPSA) is 61.8 Å². The Morgan fingerprint density at radius 2 is 2.44 bits per heavy atom. The first-order chi connectivity index (χ1) is 7.84. The Morgan fingerprint density at radius 3 is 3.25 bits per heavy atom. The van der Waals surface area contributed by atoms with Crippen LogP contribution in [0.2, 0.25) is 0 Å². The second-order valence-corrected chi connectivity index (χ2v) is 5.42. The molecular formula is C11H13N3OS. The molecule has 5 heteroatoms. The van der Waals surface area contributed by atoms with Crippen molar-refractivity contribution in [3.63, 3.8) is 0 Å². The fraction of sp³-hybridized carbons (Fsp3) is 0.455. The van der Waals surface area contributed by atoms with Crippen molar-refractivity contribution in [3.8, 4) is 0 Å². The van der Waals surface area contributed by atoms with E-state index in [0.717, 1.165) is 28.8 Å². The third-order valence-electron chi connectivity index (χ3n) is 2.97. The molecule has 1 fully saturated rings. The number of aromatic nitrogens is 3. The number of H-pyrrole nitrogens is 1. The molecule has 2 aromatic heterocycles. The summed E-state index contributed by atoms with van der Waals surface area (Å²) < 4.78 is 0. The molecule has 3 rings (SSSR count). The van der Waals surface area contributed by atoms with Crippen LogP contribution in [0.5, 0.6) is 0 Å². The maximum absolute atomic E-state index is 10.2. The van der Waals surface area contributed by atoms with Gasteiger partial charge in [-0.3, -0.25) is 5.10 Å². The number of rotatable bonds is 2. The molecule has 0 spiro atoms. The first kappa shape index (κ1) is 10.1. The number of aromatic amines is 1. The van der Waals surface area contributed by atoms with Crippen molar-refractivity contribution in [2.24, 2.45) is 0 Å². The molecule has 1 saturated heterocycles. The minimum atomic E-state index is -0.403. The van der Waals surface area contributed by atoms with Gasteiger partial charge in [0.05, 0.1) is 12.3 Å². The minimum absolute atomic E-state index is 0.325. The van der Waals surface area contributed by atoms with Crippen LogP contribution in [-0.4, -0.2) is 31.3 Å². The van der Waals surface area contributed by atoms with E-state index in [-0.39, 0.29) is 0 Å². The van der Waals surface area contributed by atoms with Gasteiger partial charge in [-0.1, -0.05) is 0 Å². The van der Waals surface area contributed by atoms with Crippen LogP contribution >= 0.6 is 11.8 Å². The Kier molecular flexibility index (Phi) is 2.57. The lowest BCUT2D eigenvalue weighted by Gasteiger charge is -2.16. The molecule has 0 saturated carbocycles. The highest BCUT2D eigenvalue weighted by Crippen LogP contribution is 2.36. The molecule has 4 nitrogen and oxygen atoms in total. The van der Waals surface area contributed by atoms with Crippen LogP contribution in [0.1, 0.15) is 24.5 Å². The van der Waals surface area contributed by atoms with E-state index in [2.05, 4.69) is 15.2 Å². The van der Waals surface area contributed by atoms with E-state index < -0.39 is 6.10 Å². The minimum Gasteiger partial charge on any atom is -0.387 e. The number of fused-ring (bicyclic) bond motifs is 1. The van der Waals surface area contributed by atoms with Crippen molar-refractivity contribution < 1.29 is 5.11 Å². The lowest BCUT2D eigenvalue weighted by Crippen LogP contribution is -2.11. The first-order valence-electron chi connectivity index (χ1n) is 5.43. The van der Waals surface area contributed by atoms with Crippen molar-refractivity contribution in [2.75, 3.05) is 5.75 Å². The van der Waals surface area contributed by atoms with Crippen LogP contribution in [0, 0.1) is 0 Å². The number of hydrogen-bond donors (Lipinski definition) is 2. The summed E-state index contributed by atoms with van der Waals surface area (Å²) in [5, 5.41) is 18.2. The Balaban J connectivity index is 1.91. The molecule has 2 atom stereocenters. The van der Waals surface area contributed by atoms with E-state index in [1.807, 2.05) is 17.8 Å². The molecule has 0 aliphatic carbocycles. The Bertz CT molecular complexity index is 493. The molecule has 2 aromatic rings. The standard InChI is InChI=1S/C11H13N3OS/c15-10(9-2-1-3-16-9)7-4-8-6-13-14-11(8)12-5-7/h4-6,9-10,15H,1-3H2,(H,12,13,14). The number of aliphatic hydroxyl groups is 1. The monoisotopic (exact) mass is 235 g/mol. The molecule has 84 valence electrons. The third kappa shape index (κ3) is 1.70. The summed E-state index contributed by atoms with van der Waals surface area (Å²) in [6.07, 6.45) is 5.37. The maximum atomic E-state index is 10.2. The summed E-state index contributed by atoms with van der Waals surface area (Å²) >= 11 is 1.85. The molecular weight excluding hydrogens is 222 g/mol. The predicted octanol–water partition coefficient (Wildman–Crippen LogP) is 1.89. The Labute approximate surface area is 97.5 Å². The Hall–Kier alpha value is -1.07. The number of pyridine rings is 1. The summed E-state index contributed by atoms with van der Waals surface area (Å²) in [5.74, 6) is 1.16. The molecule has 0 radical (unpaired) electrons. The van der Waals surface area contributed by atoms with E-state index in [1.54, 1.807) is 12.4 Å². The predicted molar refractivity (Wildman–Crippen MR) is 64.3 cm³/mol. The molecule has 3 heterocycles. The first-order valence-corrected chi connectivity index (χ1v) is 6.48. The van der Waals surface area contributed by atoms with E-state index in [9.17, 15) is 5.11 Å². The van der Waals surface area contributed by atoms with Gasteiger partial charge in [0, 0.05) is 22.4 Å². The fourth-order valence-corrected chi connectivity index (χ4v) is 3.39. The average Bonchev–Trinajstić information content (AvgIpc) is 2.98. The van der Waals surface area contributed by atoms with Gasteiger partial charge in [0.25, 0.3) is 0 Å². The summed E-state index contributed by atoms with van der Waals surface area (Å²) in [6, 6.07) is 1.97. The van der Waals surface area contributed by atoms with Crippen LogP contribution in [0.25, 0.3) is 11.0 Å². The maximum Gasteiger partial charge on any atom is 0.155 e. The van der Waals surface area contributed by atoms with Crippen LogP contribution in [0.15, 0.2) is 18.5 Å². The zero-order chi connectivity index (χ0) is 11.0. The Morgan fingerprint density at radius 1 is 1.50 bits per heavy atom. The van der Waals surface area contributed by atoms with Crippen molar-refractivity contribution in [2.45, 2.75) is 24.2 Å². The van der Waals surface area contributed by atoms with Gasteiger partial charge in [0.2, 0.25) is 0 Å². The molecule has 1 aliphatic heterocycles. The molecule has 0 bridgehead atoms. The van der Waals surface area contributed by atoms with Crippen molar-refractivity contribution in [3.05, 3.63) is 24.0 Å². The zero-order valence-corrected chi connectivity index (χ0v) is 9.57. The molecule has 2 N–H and O–H groups in total.